The van der Waals surface area contributed by atoms with Crippen molar-refractivity contribution < 1.29 is 15.3 Å². The lowest BCUT2D eigenvalue weighted by atomic mass is 9.77. The molecule has 0 aliphatic rings. The van der Waals surface area contributed by atoms with Gasteiger partial charge in [0.25, 0.3) is 0 Å². The predicted octanol–water partition coefficient (Wildman–Crippen LogP) is 3.35. The van der Waals surface area contributed by atoms with Crippen molar-refractivity contribution in [3.05, 3.63) is 59.2 Å². The summed E-state index contributed by atoms with van der Waals surface area (Å²) < 4.78 is 0. The highest BCUT2D eigenvalue weighted by Gasteiger charge is 2.23. The molecule has 0 aliphatic carbocycles. The molecular weight excluding hydrogens is 264 g/mol. The second-order valence-electron chi connectivity index (χ2n) is 5.84. The Morgan fingerprint density at radius 2 is 1.52 bits per heavy atom. The number of hydrogen-bond donors (Lipinski definition) is 3. The van der Waals surface area contributed by atoms with Gasteiger partial charge in [0.1, 0.15) is 11.5 Å². The number of aryl methyl sites for hydroxylation is 1. The molecule has 0 radical (unpaired) electrons. The fourth-order valence-corrected chi connectivity index (χ4v) is 2.49. The second kappa shape index (κ2) is 6.19. The van der Waals surface area contributed by atoms with Gasteiger partial charge in [0, 0.05) is 12.0 Å². The van der Waals surface area contributed by atoms with Crippen molar-refractivity contribution in [3.8, 4) is 11.5 Å². The van der Waals surface area contributed by atoms with Crippen molar-refractivity contribution in [3.63, 3.8) is 0 Å². The molecule has 0 amide bonds. The van der Waals surface area contributed by atoms with E-state index in [9.17, 15) is 10.2 Å². The first-order valence-electron chi connectivity index (χ1n) is 7.18. The van der Waals surface area contributed by atoms with E-state index in [0.29, 0.717) is 12.8 Å². The SMILES string of the molecule is CC(C)(c1ccc(O)cc1)c1ccc(O)c(CCCO)c1. The van der Waals surface area contributed by atoms with E-state index < -0.39 is 0 Å². The van der Waals surface area contributed by atoms with Crippen LogP contribution in [0, 0.1) is 0 Å². The monoisotopic (exact) mass is 286 g/mol. The molecule has 0 saturated carbocycles. The third-order valence-corrected chi connectivity index (χ3v) is 3.99. The molecular formula is C18H22O3. The van der Waals surface area contributed by atoms with Crippen molar-refractivity contribution in [1.29, 1.82) is 0 Å². The molecule has 2 aromatic rings. The van der Waals surface area contributed by atoms with Gasteiger partial charge >= 0.3 is 0 Å². The third-order valence-electron chi connectivity index (χ3n) is 3.99. The van der Waals surface area contributed by atoms with Crippen LogP contribution in [0.5, 0.6) is 11.5 Å². The van der Waals surface area contributed by atoms with E-state index in [2.05, 4.69) is 13.8 Å². The standard InChI is InChI=1S/C18H22O3/c1-18(2,14-5-8-16(20)9-6-14)15-7-10-17(21)13(12-15)4-3-11-19/h5-10,12,19-21H,3-4,11H2,1-2H3. The number of hydrogen-bond acceptors (Lipinski definition) is 3. The lowest BCUT2D eigenvalue weighted by Crippen LogP contribution is -2.19. The van der Waals surface area contributed by atoms with Gasteiger partial charge in [-0.25, -0.2) is 0 Å². The van der Waals surface area contributed by atoms with E-state index in [1.807, 2.05) is 24.3 Å². The first-order valence-corrected chi connectivity index (χ1v) is 7.18. The van der Waals surface area contributed by atoms with Gasteiger partial charge in [-0.05, 0) is 47.7 Å². The Hall–Kier alpha value is -2.00. The predicted molar refractivity (Wildman–Crippen MR) is 83.7 cm³/mol. The molecule has 3 nitrogen and oxygen atoms in total. The lowest BCUT2D eigenvalue weighted by Gasteiger charge is -2.27. The van der Waals surface area contributed by atoms with Gasteiger partial charge in [-0.1, -0.05) is 38.1 Å². The van der Waals surface area contributed by atoms with Crippen LogP contribution in [0.1, 0.15) is 37.0 Å². The number of phenols is 2. The van der Waals surface area contributed by atoms with Gasteiger partial charge < -0.3 is 15.3 Å². The number of rotatable bonds is 5. The minimum atomic E-state index is -0.227. The van der Waals surface area contributed by atoms with Crippen molar-refractivity contribution in [1.82, 2.24) is 0 Å². The Labute approximate surface area is 125 Å². The van der Waals surface area contributed by atoms with Gasteiger partial charge in [0.05, 0.1) is 0 Å². The minimum absolute atomic E-state index is 0.116. The Morgan fingerprint density at radius 1 is 0.905 bits per heavy atom. The smallest absolute Gasteiger partial charge is 0.118 e. The molecule has 0 fully saturated rings. The fourth-order valence-electron chi connectivity index (χ4n) is 2.49. The molecule has 2 aromatic carbocycles. The summed E-state index contributed by atoms with van der Waals surface area (Å²) in [6, 6.07) is 12.8. The number of aliphatic hydroxyl groups is 1. The Balaban J connectivity index is 2.37. The molecule has 21 heavy (non-hydrogen) atoms. The zero-order valence-electron chi connectivity index (χ0n) is 12.5. The highest BCUT2D eigenvalue weighted by atomic mass is 16.3. The third kappa shape index (κ3) is 3.37. The normalized spacial score (nSPS) is 11.6. The molecule has 0 heterocycles. The van der Waals surface area contributed by atoms with Crippen LogP contribution in [0.2, 0.25) is 0 Å². The molecule has 0 saturated heterocycles. The largest absolute Gasteiger partial charge is 0.508 e. The maximum absolute atomic E-state index is 9.92. The van der Waals surface area contributed by atoms with Crippen LogP contribution >= 0.6 is 0 Å². The number of benzene rings is 2. The summed E-state index contributed by atoms with van der Waals surface area (Å²) in [4.78, 5) is 0. The summed E-state index contributed by atoms with van der Waals surface area (Å²) in [6.07, 6.45) is 1.29. The summed E-state index contributed by atoms with van der Waals surface area (Å²) in [7, 11) is 0. The van der Waals surface area contributed by atoms with E-state index in [1.165, 1.54) is 0 Å². The summed E-state index contributed by atoms with van der Waals surface area (Å²) >= 11 is 0. The Bertz CT molecular complexity index is 600. The zero-order valence-corrected chi connectivity index (χ0v) is 12.5. The highest BCUT2D eigenvalue weighted by Crippen LogP contribution is 2.34. The van der Waals surface area contributed by atoms with Crippen molar-refractivity contribution in [2.45, 2.75) is 32.1 Å². The van der Waals surface area contributed by atoms with Gasteiger partial charge in [-0.2, -0.15) is 0 Å². The molecule has 112 valence electrons. The van der Waals surface area contributed by atoms with Gasteiger partial charge in [0.15, 0.2) is 0 Å². The molecule has 0 unspecified atom stereocenters. The topological polar surface area (TPSA) is 60.7 Å². The summed E-state index contributed by atoms with van der Waals surface area (Å²) in [5.74, 6) is 0.526. The lowest BCUT2D eigenvalue weighted by molar-refractivity contribution is 0.288. The Kier molecular flexibility index (Phi) is 4.53. The average molecular weight is 286 g/mol. The number of phenolic OH excluding ortho intramolecular Hbond substituents is 2. The maximum Gasteiger partial charge on any atom is 0.118 e. The first kappa shape index (κ1) is 15.4. The Morgan fingerprint density at radius 3 is 2.14 bits per heavy atom. The average Bonchev–Trinajstić information content (AvgIpc) is 2.46. The zero-order chi connectivity index (χ0) is 15.5. The van der Waals surface area contributed by atoms with Crippen molar-refractivity contribution in [2.75, 3.05) is 6.61 Å². The summed E-state index contributed by atoms with van der Waals surface area (Å²) in [5, 5.41) is 28.3. The van der Waals surface area contributed by atoms with Gasteiger partial charge in [-0.3, -0.25) is 0 Å². The van der Waals surface area contributed by atoms with E-state index in [1.54, 1.807) is 18.2 Å². The van der Waals surface area contributed by atoms with Crippen LogP contribution in [0.4, 0.5) is 0 Å². The molecule has 3 N–H and O–H groups in total. The number of aromatic hydroxyl groups is 2. The van der Waals surface area contributed by atoms with Crippen molar-refractivity contribution in [2.24, 2.45) is 0 Å². The maximum atomic E-state index is 9.92. The van der Waals surface area contributed by atoms with Gasteiger partial charge in [-0.15, -0.1) is 0 Å². The quantitative estimate of drug-likeness (QED) is 0.790. The molecule has 0 aliphatic heterocycles. The van der Waals surface area contributed by atoms with Crippen LogP contribution in [-0.2, 0) is 11.8 Å². The van der Waals surface area contributed by atoms with Gasteiger partial charge in [0.2, 0.25) is 0 Å². The summed E-state index contributed by atoms with van der Waals surface area (Å²) in [5.41, 5.74) is 2.82. The second-order valence-corrected chi connectivity index (χ2v) is 5.84. The van der Waals surface area contributed by atoms with Crippen LogP contribution in [0.25, 0.3) is 0 Å². The molecule has 2 rings (SSSR count). The molecule has 0 aromatic heterocycles. The molecule has 0 atom stereocenters. The van der Waals surface area contributed by atoms with Crippen LogP contribution in [-0.4, -0.2) is 21.9 Å². The summed E-state index contributed by atoms with van der Waals surface area (Å²) in [6.45, 7) is 4.34. The first-order chi connectivity index (χ1) is 9.95. The van der Waals surface area contributed by atoms with E-state index in [4.69, 9.17) is 5.11 Å². The molecule has 0 spiro atoms. The molecule has 0 bridgehead atoms. The van der Waals surface area contributed by atoms with Crippen LogP contribution in [0.15, 0.2) is 42.5 Å². The van der Waals surface area contributed by atoms with E-state index in [-0.39, 0.29) is 23.5 Å². The van der Waals surface area contributed by atoms with E-state index in [0.717, 1.165) is 16.7 Å². The fraction of sp³-hybridized carbons (Fsp3) is 0.333. The van der Waals surface area contributed by atoms with Crippen LogP contribution in [0.3, 0.4) is 0 Å². The highest BCUT2D eigenvalue weighted by molar-refractivity contribution is 5.44. The van der Waals surface area contributed by atoms with Crippen molar-refractivity contribution >= 4 is 0 Å². The van der Waals surface area contributed by atoms with Crippen LogP contribution < -0.4 is 0 Å². The van der Waals surface area contributed by atoms with E-state index >= 15 is 0 Å². The number of aliphatic hydroxyl groups excluding tert-OH is 1. The molecule has 3 heteroatoms. The minimum Gasteiger partial charge on any atom is -0.508 e.